The third-order valence-electron chi connectivity index (χ3n) is 5.45. The Balaban J connectivity index is 1.51. The Bertz CT molecular complexity index is 1250. The Morgan fingerprint density at radius 3 is 2.80 bits per heavy atom. The van der Waals surface area contributed by atoms with Gasteiger partial charge in [-0.3, -0.25) is 9.32 Å². The van der Waals surface area contributed by atoms with Gasteiger partial charge in [0.1, 0.15) is 25.0 Å². The van der Waals surface area contributed by atoms with E-state index in [9.17, 15) is 14.6 Å². The predicted molar refractivity (Wildman–Crippen MR) is 141 cm³/mol. The zero-order chi connectivity index (χ0) is 24.7. The molecule has 3 atom stereocenters. The molecule has 7 nitrogen and oxygen atoms in total. The Labute approximate surface area is 218 Å². The number of fused-ring (bicyclic) bond motifs is 1. The summed E-state index contributed by atoms with van der Waals surface area (Å²) in [5.41, 5.74) is 2.73. The number of nitriles is 1. The Morgan fingerprint density at radius 2 is 2.00 bits per heavy atom. The van der Waals surface area contributed by atoms with Crippen molar-refractivity contribution in [1.29, 1.82) is 5.26 Å². The van der Waals surface area contributed by atoms with Gasteiger partial charge in [0.05, 0.1) is 12.0 Å². The maximum Gasteiger partial charge on any atom is 0.459 e. The molecule has 9 heteroatoms. The molecule has 0 saturated heterocycles. The van der Waals surface area contributed by atoms with Crippen LogP contribution >= 0.6 is 30.3 Å². The fourth-order valence-electron chi connectivity index (χ4n) is 3.70. The maximum absolute atomic E-state index is 13.9. The second-order valence-electron chi connectivity index (χ2n) is 7.97. The predicted octanol–water partition coefficient (Wildman–Crippen LogP) is 5.88. The number of rotatable bonds is 9. The van der Waals surface area contributed by atoms with Crippen molar-refractivity contribution in [2.24, 2.45) is 5.92 Å². The summed E-state index contributed by atoms with van der Waals surface area (Å²) < 4.78 is 31.9. The molecular formula is C26H24IN2O5P. The zero-order valence-electron chi connectivity index (χ0n) is 18.8. The van der Waals surface area contributed by atoms with E-state index in [0.29, 0.717) is 5.75 Å². The first kappa shape index (κ1) is 25.4. The molecule has 0 heterocycles. The first-order valence-electron chi connectivity index (χ1n) is 11.1. The van der Waals surface area contributed by atoms with Crippen LogP contribution in [-0.2, 0) is 31.6 Å². The topological polar surface area (TPSA) is 97.7 Å². The molecule has 2 aliphatic rings. The third-order valence-corrected chi connectivity index (χ3v) is 7.68. The Morgan fingerprint density at radius 1 is 1.17 bits per heavy atom. The first-order valence-corrected chi connectivity index (χ1v) is 13.7. The summed E-state index contributed by atoms with van der Waals surface area (Å²) in [7, 11) is -4.08. The van der Waals surface area contributed by atoms with Crippen LogP contribution in [0.1, 0.15) is 23.1 Å². The van der Waals surface area contributed by atoms with E-state index in [4.69, 9.17) is 13.8 Å². The van der Waals surface area contributed by atoms with Gasteiger partial charge in [-0.1, -0.05) is 72.8 Å². The molecule has 0 spiro atoms. The van der Waals surface area contributed by atoms with E-state index in [1.54, 1.807) is 24.3 Å². The van der Waals surface area contributed by atoms with E-state index in [1.165, 1.54) is 0 Å². The molecule has 180 valence electrons. The summed E-state index contributed by atoms with van der Waals surface area (Å²) in [6.45, 7) is -0.295. The molecule has 4 rings (SSSR count). The maximum atomic E-state index is 13.9. The summed E-state index contributed by atoms with van der Waals surface area (Å²) in [6, 6.07) is 16.9. The van der Waals surface area contributed by atoms with Crippen molar-refractivity contribution in [2.75, 3.05) is 6.54 Å². The molecule has 0 amide bonds. The van der Waals surface area contributed by atoms with E-state index in [1.807, 2.05) is 48.5 Å². The highest BCUT2D eigenvalue weighted by Crippen LogP contribution is 2.49. The second-order valence-corrected chi connectivity index (χ2v) is 10.9. The van der Waals surface area contributed by atoms with Crippen LogP contribution in [0.25, 0.3) is 6.08 Å². The lowest BCUT2D eigenvalue weighted by Crippen LogP contribution is -2.30. The van der Waals surface area contributed by atoms with Crippen LogP contribution in [0.5, 0.6) is 5.75 Å². The lowest BCUT2D eigenvalue weighted by Gasteiger charge is -2.27. The van der Waals surface area contributed by atoms with Crippen molar-refractivity contribution < 1.29 is 23.1 Å². The van der Waals surface area contributed by atoms with Crippen LogP contribution in [0.2, 0.25) is 0 Å². The minimum atomic E-state index is -4.08. The average Bonchev–Trinajstić information content (AvgIpc) is 2.88. The molecular weight excluding hydrogens is 578 g/mol. The van der Waals surface area contributed by atoms with E-state index >= 15 is 0 Å². The first-order chi connectivity index (χ1) is 17.0. The van der Waals surface area contributed by atoms with Crippen molar-refractivity contribution in [3.63, 3.8) is 0 Å². The van der Waals surface area contributed by atoms with Crippen molar-refractivity contribution in [1.82, 2.24) is 5.09 Å². The normalized spacial score (nSPS) is 20.2. The van der Waals surface area contributed by atoms with Crippen molar-refractivity contribution in [3.05, 3.63) is 93.1 Å². The van der Waals surface area contributed by atoms with Gasteiger partial charge in [-0.25, -0.2) is 9.65 Å². The number of ether oxygens (including phenoxy) is 1. The van der Waals surface area contributed by atoms with Crippen LogP contribution in [0.4, 0.5) is 0 Å². The zero-order valence-corrected chi connectivity index (χ0v) is 21.9. The number of nitrogens with zero attached hydrogens (tertiary/aromatic N) is 1. The molecule has 2 aliphatic carbocycles. The monoisotopic (exact) mass is 602 g/mol. The number of nitrogens with one attached hydrogen (secondary N) is 1. The number of halogens is 1. The molecule has 35 heavy (non-hydrogen) atoms. The van der Waals surface area contributed by atoms with Crippen LogP contribution in [0.3, 0.4) is 0 Å². The van der Waals surface area contributed by atoms with Gasteiger partial charge in [0.25, 0.3) is 0 Å². The molecule has 3 unspecified atom stereocenters. The molecule has 0 radical (unpaired) electrons. The number of allylic oxidation sites excluding steroid dienone is 3. The van der Waals surface area contributed by atoms with Crippen molar-refractivity contribution in [3.8, 4) is 11.8 Å². The highest BCUT2D eigenvalue weighted by Gasteiger charge is 2.35. The van der Waals surface area contributed by atoms with Crippen LogP contribution < -0.4 is 9.61 Å². The Hall–Kier alpha value is -2.70. The summed E-state index contributed by atoms with van der Waals surface area (Å²) in [6.07, 6.45) is 10.0. The minimum Gasteiger partial charge on any atom is -0.460 e. The van der Waals surface area contributed by atoms with Gasteiger partial charge in [0.2, 0.25) is 0 Å². The fraction of sp³-hybridized carbons (Fsp3) is 0.231. The molecule has 1 N–H and O–H groups in total. The second kappa shape index (κ2) is 11.8. The van der Waals surface area contributed by atoms with Crippen LogP contribution in [0, 0.1) is 17.2 Å². The SMILES string of the molecule is N#CC1C=C(I)C=CC1OP(=O)(NCC(=O)OCc1ccccc1)Oc1cccc2c1CCC=C2. The highest BCUT2D eigenvalue weighted by atomic mass is 127. The van der Waals surface area contributed by atoms with E-state index < -0.39 is 25.7 Å². The molecule has 0 aliphatic heterocycles. The van der Waals surface area contributed by atoms with Crippen molar-refractivity contribution in [2.45, 2.75) is 25.6 Å². The molecule has 0 fully saturated rings. The highest BCUT2D eigenvalue weighted by molar-refractivity contribution is 14.1. The third kappa shape index (κ3) is 6.92. The Kier molecular flexibility index (Phi) is 8.58. The largest absolute Gasteiger partial charge is 0.460 e. The van der Waals surface area contributed by atoms with E-state index in [0.717, 1.165) is 33.1 Å². The number of hydrogen-bond acceptors (Lipinski definition) is 6. The standard InChI is InChI=1S/C26H24IN2O5P/c27-22-13-14-24(21(15-22)16-28)33-35(31,29-17-26(30)32-18-19-7-2-1-3-8-19)34-25-12-6-10-20-9-4-5-11-23(20)25/h1-4,6-10,12-15,21,24H,5,11,17-18H2,(H,29,31). The summed E-state index contributed by atoms with van der Waals surface area (Å²) in [4.78, 5) is 12.4. The fourth-order valence-corrected chi connectivity index (χ4v) is 5.75. The van der Waals surface area contributed by atoms with Crippen molar-refractivity contribution >= 4 is 42.4 Å². The number of carbonyl (C=O) groups excluding carboxylic acids is 1. The van der Waals surface area contributed by atoms with Gasteiger partial charge in [-0.05, 0) is 52.6 Å². The van der Waals surface area contributed by atoms with E-state index in [2.05, 4.69) is 39.8 Å². The molecule has 2 aromatic carbocycles. The smallest absolute Gasteiger partial charge is 0.459 e. The number of hydrogen-bond donors (Lipinski definition) is 1. The lowest BCUT2D eigenvalue weighted by atomic mass is 9.97. The molecule has 0 saturated carbocycles. The van der Waals surface area contributed by atoms with Crippen LogP contribution in [-0.4, -0.2) is 18.6 Å². The quantitative estimate of drug-likeness (QED) is 0.218. The van der Waals surface area contributed by atoms with E-state index in [-0.39, 0.29) is 13.2 Å². The number of esters is 1. The van der Waals surface area contributed by atoms with Gasteiger partial charge >= 0.3 is 13.7 Å². The lowest BCUT2D eigenvalue weighted by molar-refractivity contribution is -0.143. The van der Waals surface area contributed by atoms with Gasteiger partial charge < -0.3 is 9.26 Å². The van der Waals surface area contributed by atoms with Crippen LogP contribution in [0.15, 0.2) is 76.4 Å². The minimum absolute atomic E-state index is 0.0942. The van der Waals surface area contributed by atoms with Gasteiger partial charge in [0.15, 0.2) is 0 Å². The van der Waals surface area contributed by atoms with Gasteiger partial charge in [-0.2, -0.15) is 5.26 Å². The van der Waals surface area contributed by atoms with Gasteiger partial charge in [0, 0.05) is 9.14 Å². The summed E-state index contributed by atoms with van der Waals surface area (Å²) in [5.74, 6) is -0.841. The summed E-state index contributed by atoms with van der Waals surface area (Å²) >= 11 is 2.11. The molecule has 0 bridgehead atoms. The molecule has 2 aromatic rings. The average molecular weight is 602 g/mol. The van der Waals surface area contributed by atoms with Gasteiger partial charge in [-0.15, -0.1) is 0 Å². The molecule has 0 aromatic heterocycles. The number of carbonyl (C=O) groups is 1. The number of benzene rings is 2. The summed E-state index contributed by atoms with van der Waals surface area (Å²) in [5, 5.41) is 12.2.